The van der Waals surface area contributed by atoms with Gasteiger partial charge in [0.05, 0.1) is 10.2 Å². The van der Waals surface area contributed by atoms with E-state index in [0.29, 0.717) is 21.6 Å². The number of thiocarbonyl (C=S) groups is 1. The predicted molar refractivity (Wildman–Crippen MR) is 93.5 cm³/mol. The van der Waals surface area contributed by atoms with Gasteiger partial charge in [-0.3, -0.25) is 4.90 Å². The number of nitrogens with zero attached hydrogens (tertiary/aromatic N) is 2. The van der Waals surface area contributed by atoms with E-state index in [1.807, 2.05) is 0 Å². The van der Waals surface area contributed by atoms with Gasteiger partial charge in [-0.05, 0) is 34.0 Å². The fourth-order valence-electron chi connectivity index (χ4n) is 2.66. The summed E-state index contributed by atoms with van der Waals surface area (Å²) in [5.74, 6) is 0.380. The molecule has 0 aliphatic carbocycles. The quantitative estimate of drug-likeness (QED) is 0.822. The van der Waals surface area contributed by atoms with Gasteiger partial charge in [0.25, 0.3) is 0 Å². The third kappa shape index (κ3) is 3.93. The molecular weight excluding hydrogens is 353 g/mol. The zero-order valence-electron chi connectivity index (χ0n) is 12.4. The molecule has 0 radical (unpaired) electrons. The molecule has 0 atom stereocenters. The van der Waals surface area contributed by atoms with Gasteiger partial charge >= 0.3 is 0 Å². The molecule has 116 valence electrons. The Morgan fingerprint density at radius 3 is 2.48 bits per heavy atom. The molecule has 1 aliphatic heterocycles. The van der Waals surface area contributed by atoms with Crippen molar-refractivity contribution in [3.63, 3.8) is 0 Å². The third-order valence-corrected chi connectivity index (χ3v) is 4.66. The molecule has 1 aromatic rings. The Kier molecular flexibility index (Phi) is 5.57. The molecule has 6 heteroatoms. The summed E-state index contributed by atoms with van der Waals surface area (Å²) >= 11 is 8.19. The number of nitrogens with two attached hydrogens (primary N) is 1. The van der Waals surface area contributed by atoms with Crippen LogP contribution in [0.4, 0.5) is 10.1 Å². The number of hydrogen-bond acceptors (Lipinski definition) is 3. The van der Waals surface area contributed by atoms with Crippen LogP contribution in [0.2, 0.25) is 0 Å². The standard InChI is InChI=1S/C15H21BrFN3S/c1-10(2)9-19-5-7-20(8-6-19)12-4-3-11(15(18)21)13(16)14(12)17/h3-4,10H,5-9H2,1-2H3,(H2,18,21). The molecule has 0 aromatic heterocycles. The highest BCUT2D eigenvalue weighted by molar-refractivity contribution is 9.10. The molecule has 1 saturated heterocycles. The largest absolute Gasteiger partial charge is 0.389 e. The first-order chi connectivity index (χ1) is 9.90. The summed E-state index contributed by atoms with van der Waals surface area (Å²) in [5, 5.41) is 0. The second-order valence-electron chi connectivity index (χ2n) is 5.81. The lowest BCUT2D eigenvalue weighted by atomic mass is 10.1. The van der Waals surface area contributed by atoms with Crippen LogP contribution in [0, 0.1) is 11.7 Å². The Morgan fingerprint density at radius 1 is 1.33 bits per heavy atom. The maximum atomic E-state index is 14.5. The maximum absolute atomic E-state index is 14.5. The Bertz CT molecular complexity index is 528. The van der Waals surface area contributed by atoms with Crippen molar-refractivity contribution in [1.29, 1.82) is 0 Å². The molecule has 1 aliphatic rings. The lowest BCUT2D eigenvalue weighted by Gasteiger charge is -2.37. The van der Waals surface area contributed by atoms with Crippen molar-refractivity contribution < 1.29 is 4.39 Å². The highest BCUT2D eigenvalue weighted by Crippen LogP contribution is 2.30. The van der Waals surface area contributed by atoms with Crippen LogP contribution in [0.1, 0.15) is 19.4 Å². The van der Waals surface area contributed by atoms with E-state index in [1.54, 1.807) is 12.1 Å². The van der Waals surface area contributed by atoms with Gasteiger partial charge in [-0.15, -0.1) is 0 Å². The second kappa shape index (κ2) is 7.03. The predicted octanol–water partition coefficient (Wildman–Crippen LogP) is 3.00. The SMILES string of the molecule is CC(C)CN1CCN(c2ccc(C(N)=S)c(Br)c2F)CC1. The molecular formula is C15H21BrFN3S. The van der Waals surface area contributed by atoms with E-state index in [9.17, 15) is 4.39 Å². The Labute approximate surface area is 139 Å². The zero-order valence-corrected chi connectivity index (χ0v) is 14.8. The van der Waals surface area contributed by atoms with E-state index >= 15 is 0 Å². The average Bonchev–Trinajstić information content (AvgIpc) is 2.42. The summed E-state index contributed by atoms with van der Waals surface area (Å²) in [6.07, 6.45) is 0. The second-order valence-corrected chi connectivity index (χ2v) is 7.04. The first kappa shape index (κ1) is 16.6. The summed E-state index contributed by atoms with van der Waals surface area (Å²) in [7, 11) is 0. The molecule has 3 nitrogen and oxygen atoms in total. The molecule has 0 unspecified atom stereocenters. The highest BCUT2D eigenvalue weighted by atomic mass is 79.9. The van der Waals surface area contributed by atoms with Gasteiger partial charge in [-0.2, -0.15) is 0 Å². The van der Waals surface area contributed by atoms with Gasteiger partial charge < -0.3 is 10.6 Å². The van der Waals surface area contributed by atoms with Crippen molar-refractivity contribution in [2.24, 2.45) is 11.7 Å². The lowest BCUT2D eigenvalue weighted by Crippen LogP contribution is -2.47. The molecule has 0 amide bonds. The minimum Gasteiger partial charge on any atom is -0.389 e. The van der Waals surface area contributed by atoms with E-state index in [0.717, 1.165) is 32.7 Å². The van der Waals surface area contributed by atoms with Gasteiger partial charge in [0.15, 0.2) is 5.82 Å². The first-order valence-corrected chi connectivity index (χ1v) is 8.35. The maximum Gasteiger partial charge on any atom is 0.161 e. The summed E-state index contributed by atoms with van der Waals surface area (Å²) in [6.45, 7) is 9.14. The molecule has 1 heterocycles. The number of anilines is 1. The monoisotopic (exact) mass is 373 g/mol. The fraction of sp³-hybridized carbons (Fsp3) is 0.533. The van der Waals surface area contributed by atoms with Crippen molar-refractivity contribution in [2.45, 2.75) is 13.8 Å². The van der Waals surface area contributed by atoms with Crippen molar-refractivity contribution >= 4 is 38.8 Å². The van der Waals surface area contributed by atoms with Crippen LogP contribution in [0.25, 0.3) is 0 Å². The lowest BCUT2D eigenvalue weighted by molar-refractivity contribution is 0.231. The first-order valence-electron chi connectivity index (χ1n) is 7.15. The zero-order chi connectivity index (χ0) is 15.6. The van der Waals surface area contributed by atoms with Crippen LogP contribution in [0.5, 0.6) is 0 Å². The Hall–Kier alpha value is -0.720. The molecule has 1 fully saturated rings. The van der Waals surface area contributed by atoms with Gasteiger partial charge in [0.2, 0.25) is 0 Å². The third-order valence-electron chi connectivity index (χ3n) is 3.66. The summed E-state index contributed by atoms with van der Waals surface area (Å²) in [6, 6.07) is 3.55. The minimum absolute atomic E-state index is 0.203. The molecule has 0 bridgehead atoms. The molecule has 2 rings (SSSR count). The molecule has 2 N–H and O–H groups in total. The number of benzene rings is 1. The molecule has 1 aromatic carbocycles. The van der Waals surface area contributed by atoms with E-state index in [1.165, 1.54) is 0 Å². The van der Waals surface area contributed by atoms with Crippen LogP contribution in [0.3, 0.4) is 0 Å². The molecule has 0 spiro atoms. The van der Waals surface area contributed by atoms with Crippen molar-refractivity contribution in [1.82, 2.24) is 4.90 Å². The summed E-state index contributed by atoms with van der Waals surface area (Å²) in [5.41, 5.74) is 6.75. The smallest absolute Gasteiger partial charge is 0.161 e. The van der Waals surface area contributed by atoms with Gasteiger partial charge in [-0.1, -0.05) is 26.1 Å². The van der Waals surface area contributed by atoms with Crippen LogP contribution in [0.15, 0.2) is 16.6 Å². The molecule has 21 heavy (non-hydrogen) atoms. The molecule has 0 saturated carbocycles. The fourth-order valence-corrected chi connectivity index (χ4v) is 3.51. The van der Waals surface area contributed by atoms with Gasteiger partial charge in [0, 0.05) is 38.3 Å². The number of halogens is 2. The van der Waals surface area contributed by atoms with Crippen LogP contribution >= 0.6 is 28.1 Å². The van der Waals surface area contributed by atoms with Crippen LogP contribution in [-0.4, -0.2) is 42.6 Å². The number of hydrogen-bond donors (Lipinski definition) is 1. The van der Waals surface area contributed by atoms with Gasteiger partial charge in [0.1, 0.15) is 4.99 Å². The van der Waals surface area contributed by atoms with E-state index in [4.69, 9.17) is 18.0 Å². The van der Waals surface area contributed by atoms with E-state index in [-0.39, 0.29) is 10.8 Å². The van der Waals surface area contributed by atoms with Crippen molar-refractivity contribution in [2.75, 3.05) is 37.6 Å². The normalized spacial score (nSPS) is 16.5. The van der Waals surface area contributed by atoms with Crippen molar-refractivity contribution in [3.05, 3.63) is 28.0 Å². The van der Waals surface area contributed by atoms with Crippen LogP contribution in [-0.2, 0) is 0 Å². The van der Waals surface area contributed by atoms with E-state index in [2.05, 4.69) is 39.6 Å². The average molecular weight is 374 g/mol. The van der Waals surface area contributed by atoms with Crippen LogP contribution < -0.4 is 10.6 Å². The minimum atomic E-state index is -0.280. The summed E-state index contributed by atoms with van der Waals surface area (Å²) in [4.78, 5) is 4.71. The van der Waals surface area contributed by atoms with E-state index < -0.39 is 0 Å². The number of piperazine rings is 1. The van der Waals surface area contributed by atoms with Gasteiger partial charge in [-0.25, -0.2) is 4.39 Å². The Balaban J connectivity index is 2.10. The Morgan fingerprint density at radius 2 is 1.95 bits per heavy atom. The summed E-state index contributed by atoms with van der Waals surface area (Å²) < 4.78 is 14.9. The van der Waals surface area contributed by atoms with Crippen molar-refractivity contribution in [3.8, 4) is 0 Å². The highest BCUT2D eigenvalue weighted by Gasteiger charge is 2.22. The topological polar surface area (TPSA) is 32.5 Å². The number of rotatable bonds is 4.